The number of benzene rings is 1. The molecule has 88 valence electrons. The van der Waals surface area contributed by atoms with Gasteiger partial charge in [-0.3, -0.25) is 9.59 Å². The minimum absolute atomic E-state index is 0.0230. The predicted molar refractivity (Wildman–Crippen MR) is 64.8 cm³/mol. The van der Waals surface area contributed by atoms with Crippen LogP contribution in [-0.2, 0) is 0 Å². The zero-order chi connectivity index (χ0) is 12.0. The summed E-state index contributed by atoms with van der Waals surface area (Å²) in [6.45, 7) is 0. The molecule has 2 aromatic rings. The molecule has 1 atom stereocenters. The molecule has 5 nitrogen and oxygen atoms in total. The largest absolute Gasteiger partial charge is 0.324 e. The van der Waals surface area contributed by atoms with Crippen LogP contribution in [0.5, 0.6) is 0 Å². The summed E-state index contributed by atoms with van der Waals surface area (Å²) >= 11 is 0. The van der Waals surface area contributed by atoms with Crippen molar-refractivity contribution in [3.05, 3.63) is 44.5 Å². The van der Waals surface area contributed by atoms with Gasteiger partial charge in [-0.2, -0.15) is 0 Å². The van der Waals surface area contributed by atoms with Crippen LogP contribution in [0.4, 0.5) is 0 Å². The Bertz CT molecular complexity index is 682. The van der Waals surface area contributed by atoms with Crippen molar-refractivity contribution in [3.8, 4) is 0 Å². The van der Waals surface area contributed by atoms with E-state index in [0.717, 1.165) is 5.56 Å². The summed E-state index contributed by atoms with van der Waals surface area (Å²) in [6, 6.07) is 5.55. The second-order valence-corrected chi connectivity index (χ2v) is 4.58. The fourth-order valence-corrected chi connectivity index (χ4v) is 2.07. The van der Waals surface area contributed by atoms with Crippen LogP contribution >= 0.6 is 0 Å². The lowest BCUT2D eigenvalue weighted by Crippen LogP contribution is -2.29. The van der Waals surface area contributed by atoms with Crippen molar-refractivity contribution in [2.45, 2.75) is 18.9 Å². The van der Waals surface area contributed by atoms with E-state index in [9.17, 15) is 9.59 Å². The molecular formula is C12H13N3O2. The van der Waals surface area contributed by atoms with E-state index in [0.29, 0.717) is 17.0 Å². The average Bonchev–Trinajstić information content (AvgIpc) is 3.13. The number of H-pyrrole nitrogens is 2. The molecule has 0 spiro atoms. The maximum atomic E-state index is 11.2. The first-order valence-corrected chi connectivity index (χ1v) is 5.67. The third kappa shape index (κ3) is 1.78. The number of fused-ring (bicyclic) bond motifs is 1. The Morgan fingerprint density at radius 2 is 1.76 bits per heavy atom. The molecule has 3 rings (SSSR count). The van der Waals surface area contributed by atoms with Gasteiger partial charge in [0.2, 0.25) is 0 Å². The SMILES string of the molecule is NC(c1ccc2[nH]c(=O)c(=O)[nH]c2c1)C1CC1. The lowest BCUT2D eigenvalue weighted by Gasteiger charge is -2.11. The van der Waals surface area contributed by atoms with E-state index in [-0.39, 0.29) is 6.04 Å². The summed E-state index contributed by atoms with van der Waals surface area (Å²) in [7, 11) is 0. The Morgan fingerprint density at radius 1 is 1.12 bits per heavy atom. The fraction of sp³-hybridized carbons (Fsp3) is 0.333. The van der Waals surface area contributed by atoms with Crippen molar-refractivity contribution in [2.75, 3.05) is 0 Å². The van der Waals surface area contributed by atoms with E-state index in [1.54, 1.807) is 6.07 Å². The van der Waals surface area contributed by atoms with Gasteiger partial charge in [0.1, 0.15) is 0 Å². The van der Waals surface area contributed by atoms with E-state index in [1.165, 1.54) is 12.8 Å². The second kappa shape index (κ2) is 3.56. The Labute approximate surface area is 96.7 Å². The monoisotopic (exact) mass is 231 g/mol. The van der Waals surface area contributed by atoms with Gasteiger partial charge in [0.05, 0.1) is 11.0 Å². The summed E-state index contributed by atoms with van der Waals surface area (Å²) in [5.41, 5.74) is 7.09. The van der Waals surface area contributed by atoms with Gasteiger partial charge in [0.15, 0.2) is 0 Å². The van der Waals surface area contributed by atoms with E-state index in [1.807, 2.05) is 12.1 Å². The standard InChI is InChI=1S/C12H13N3O2/c13-10(6-1-2-6)7-3-4-8-9(5-7)15-12(17)11(16)14-8/h3-6,10H,1-2,13H2,(H,14,16)(H,15,17). The topological polar surface area (TPSA) is 91.7 Å². The minimum atomic E-state index is -0.630. The lowest BCUT2D eigenvalue weighted by molar-refractivity contribution is 0.634. The van der Waals surface area contributed by atoms with Crippen molar-refractivity contribution in [1.82, 2.24) is 9.97 Å². The highest BCUT2D eigenvalue weighted by atomic mass is 16.2. The van der Waals surface area contributed by atoms with E-state index in [4.69, 9.17) is 5.73 Å². The number of hydrogen-bond donors (Lipinski definition) is 3. The van der Waals surface area contributed by atoms with Crippen LogP contribution in [0.25, 0.3) is 11.0 Å². The maximum absolute atomic E-state index is 11.2. The normalized spacial score (nSPS) is 17.2. The average molecular weight is 231 g/mol. The van der Waals surface area contributed by atoms with Gasteiger partial charge < -0.3 is 15.7 Å². The van der Waals surface area contributed by atoms with Crippen molar-refractivity contribution < 1.29 is 0 Å². The Balaban J connectivity index is 2.14. The number of rotatable bonds is 2. The minimum Gasteiger partial charge on any atom is -0.324 e. The first-order valence-electron chi connectivity index (χ1n) is 5.67. The van der Waals surface area contributed by atoms with Crippen LogP contribution < -0.4 is 16.9 Å². The molecule has 0 radical (unpaired) electrons. The van der Waals surface area contributed by atoms with Gasteiger partial charge in [0, 0.05) is 6.04 Å². The highest BCUT2D eigenvalue weighted by Crippen LogP contribution is 2.39. The molecule has 0 aliphatic heterocycles. The molecule has 0 amide bonds. The van der Waals surface area contributed by atoms with E-state index >= 15 is 0 Å². The molecule has 1 aliphatic rings. The number of nitrogens with one attached hydrogen (secondary N) is 2. The van der Waals surface area contributed by atoms with Crippen LogP contribution in [0.3, 0.4) is 0 Å². The van der Waals surface area contributed by atoms with Crippen LogP contribution in [-0.4, -0.2) is 9.97 Å². The second-order valence-electron chi connectivity index (χ2n) is 4.58. The highest BCUT2D eigenvalue weighted by molar-refractivity contribution is 5.74. The van der Waals surface area contributed by atoms with Crippen LogP contribution in [0, 0.1) is 5.92 Å². The Morgan fingerprint density at radius 3 is 2.41 bits per heavy atom. The molecule has 4 N–H and O–H groups in total. The first-order chi connectivity index (χ1) is 8.15. The van der Waals surface area contributed by atoms with Crippen molar-refractivity contribution >= 4 is 11.0 Å². The molecule has 1 unspecified atom stereocenters. The fourth-order valence-electron chi connectivity index (χ4n) is 2.07. The smallest absolute Gasteiger partial charge is 0.314 e. The zero-order valence-corrected chi connectivity index (χ0v) is 9.19. The van der Waals surface area contributed by atoms with Gasteiger partial charge in [-0.05, 0) is 36.5 Å². The van der Waals surface area contributed by atoms with Gasteiger partial charge in [-0.15, -0.1) is 0 Å². The maximum Gasteiger partial charge on any atom is 0.314 e. The molecule has 1 fully saturated rings. The zero-order valence-electron chi connectivity index (χ0n) is 9.19. The molecule has 0 saturated heterocycles. The summed E-state index contributed by atoms with van der Waals surface area (Å²) in [6.07, 6.45) is 2.34. The van der Waals surface area contributed by atoms with Gasteiger partial charge in [-0.1, -0.05) is 6.07 Å². The predicted octanol–water partition coefficient (Wildman–Crippen LogP) is 0.626. The van der Waals surface area contributed by atoms with Crippen LogP contribution in [0.15, 0.2) is 27.8 Å². The molecule has 1 aliphatic carbocycles. The number of aromatic amines is 2. The molecule has 1 saturated carbocycles. The van der Waals surface area contributed by atoms with E-state index in [2.05, 4.69) is 9.97 Å². The Kier molecular flexibility index (Phi) is 2.16. The van der Waals surface area contributed by atoms with Crippen molar-refractivity contribution in [2.24, 2.45) is 11.7 Å². The summed E-state index contributed by atoms with van der Waals surface area (Å²) in [5.74, 6) is 0.557. The van der Waals surface area contributed by atoms with Gasteiger partial charge in [-0.25, -0.2) is 0 Å². The number of nitrogens with two attached hydrogens (primary N) is 1. The quantitative estimate of drug-likeness (QED) is 0.662. The molecule has 1 aromatic carbocycles. The molecular weight excluding hydrogens is 218 g/mol. The van der Waals surface area contributed by atoms with Crippen molar-refractivity contribution in [1.29, 1.82) is 0 Å². The Hall–Kier alpha value is -1.88. The highest BCUT2D eigenvalue weighted by Gasteiger charge is 2.29. The summed E-state index contributed by atoms with van der Waals surface area (Å²) in [4.78, 5) is 27.5. The number of aromatic nitrogens is 2. The first kappa shape index (κ1) is 10.3. The van der Waals surface area contributed by atoms with Gasteiger partial charge in [0.25, 0.3) is 0 Å². The third-order valence-corrected chi connectivity index (χ3v) is 3.26. The van der Waals surface area contributed by atoms with Gasteiger partial charge >= 0.3 is 11.1 Å². The van der Waals surface area contributed by atoms with Crippen molar-refractivity contribution in [3.63, 3.8) is 0 Å². The third-order valence-electron chi connectivity index (χ3n) is 3.26. The molecule has 1 heterocycles. The van der Waals surface area contributed by atoms with E-state index < -0.39 is 11.1 Å². The summed E-state index contributed by atoms with van der Waals surface area (Å²) in [5, 5.41) is 0. The van der Waals surface area contributed by atoms with Crippen LogP contribution in [0.2, 0.25) is 0 Å². The lowest BCUT2D eigenvalue weighted by atomic mass is 10.0. The molecule has 0 bridgehead atoms. The number of hydrogen-bond acceptors (Lipinski definition) is 3. The summed E-state index contributed by atoms with van der Waals surface area (Å²) < 4.78 is 0. The molecule has 17 heavy (non-hydrogen) atoms. The molecule has 1 aromatic heterocycles. The van der Waals surface area contributed by atoms with Crippen LogP contribution in [0.1, 0.15) is 24.4 Å². The molecule has 5 heteroatoms.